The van der Waals surface area contributed by atoms with Crippen molar-refractivity contribution in [1.82, 2.24) is 11.0 Å². The van der Waals surface area contributed by atoms with Crippen molar-refractivity contribution in [3.63, 3.8) is 0 Å². The normalized spacial score (nSPS) is 10.9. The number of rotatable bonds is 13. The maximum atomic E-state index is 8.03. The molecule has 0 aliphatic rings. The molecule has 0 saturated heterocycles. The molecule has 0 rings (SSSR count). The van der Waals surface area contributed by atoms with Crippen LogP contribution in [0.25, 0.3) is 0 Å². The van der Waals surface area contributed by atoms with Gasteiger partial charge >= 0.3 is 0 Å². The van der Waals surface area contributed by atoms with Crippen LogP contribution >= 0.6 is 0 Å². The van der Waals surface area contributed by atoms with E-state index in [0.717, 1.165) is 25.9 Å². The number of unbranched alkanes of at least 4 members (excludes halogenated alkanes) is 6. The van der Waals surface area contributed by atoms with E-state index in [1.54, 1.807) is 0 Å². The van der Waals surface area contributed by atoms with Gasteiger partial charge in [0, 0.05) is 0 Å². The van der Waals surface area contributed by atoms with Crippen LogP contribution in [0, 0.1) is 0 Å². The summed E-state index contributed by atoms with van der Waals surface area (Å²) in [5, 5.41) is 11.3. The van der Waals surface area contributed by atoms with Crippen LogP contribution < -0.4 is 11.0 Å². The Hall–Kier alpha value is -0.200. The minimum absolute atomic E-state index is 0.522. The van der Waals surface area contributed by atoms with Gasteiger partial charge in [-0.1, -0.05) is 39.0 Å². The molecule has 5 heteroatoms. The Balaban J connectivity index is 2.83. The summed E-state index contributed by atoms with van der Waals surface area (Å²) >= 11 is 0. The third kappa shape index (κ3) is 13.8. The summed E-state index contributed by atoms with van der Waals surface area (Å²) in [4.78, 5) is 8.70. The van der Waals surface area contributed by atoms with Gasteiger partial charge in [0.25, 0.3) is 0 Å². The molecular weight excluding hydrogens is 208 g/mol. The molecule has 0 spiro atoms. The molecule has 0 aromatic heterocycles. The topological polar surface area (TPSA) is 62.8 Å². The Bertz CT molecular complexity index is 112. The molecule has 5 nitrogen and oxygen atoms in total. The van der Waals surface area contributed by atoms with Crippen molar-refractivity contribution in [3.8, 4) is 0 Å². The Morgan fingerprint density at radius 3 is 2.19 bits per heavy atom. The van der Waals surface area contributed by atoms with Gasteiger partial charge in [-0.05, 0) is 31.6 Å². The fourth-order valence-corrected chi connectivity index (χ4v) is 1.54. The second-order valence-electron chi connectivity index (χ2n) is 3.83. The van der Waals surface area contributed by atoms with Crippen LogP contribution in [0.4, 0.5) is 0 Å². The summed E-state index contributed by atoms with van der Waals surface area (Å²) in [6.07, 6.45) is 8.60. The van der Waals surface area contributed by atoms with Gasteiger partial charge in [0.15, 0.2) is 0 Å². The fraction of sp³-hybridized carbons (Fsp3) is 1.00. The molecule has 3 N–H and O–H groups in total. The lowest BCUT2D eigenvalue weighted by molar-refractivity contribution is -0.390. The first-order chi connectivity index (χ1) is 7.91. The highest BCUT2D eigenvalue weighted by Gasteiger charge is 1.92. The zero-order chi connectivity index (χ0) is 11.9. The number of hydrogen-bond acceptors (Lipinski definition) is 5. The summed E-state index contributed by atoms with van der Waals surface area (Å²) in [5.74, 6) is 0. The lowest BCUT2D eigenvalue weighted by Crippen LogP contribution is -2.13. The second kappa shape index (κ2) is 14.8. The summed E-state index contributed by atoms with van der Waals surface area (Å²) < 4.78 is 0. The minimum Gasteiger partial charge on any atom is -0.317 e. The van der Waals surface area contributed by atoms with Crippen molar-refractivity contribution in [2.24, 2.45) is 0 Å². The van der Waals surface area contributed by atoms with E-state index in [1.807, 2.05) is 0 Å². The van der Waals surface area contributed by atoms with Crippen LogP contribution in [0.5, 0.6) is 0 Å². The summed E-state index contributed by atoms with van der Waals surface area (Å²) in [5.41, 5.74) is 1.48. The van der Waals surface area contributed by atoms with Gasteiger partial charge in [0.05, 0.1) is 6.61 Å². The Kier molecular flexibility index (Phi) is 14.6. The molecule has 16 heavy (non-hydrogen) atoms. The Morgan fingerprint density at radius 1 is 0.938 bits per heavy atom. The predicted molar refractivity (Wildman–Crippen MR) is 62.8 cm³/mol. The smallest absolute Gasteiger partial charge is 0.0843 e. The van der Waals surface area contributed by atoms with E-state index in [9.17, 15) is 0 Å². The van der Waals surface area contributed by atoms with E-state index in [4.69, 9.17) is 5.21 Å². The first kappa shape index (κ1) is 15.8. The summed E-state index contributed by atoms with van der Waals surface area (Å²) in [7, 11) is 0. The quantitative estimate of drug-likeness (QED) is 0.259. The van der Waals surface area contributed by atoms with Crippen LogP contribution in [0.2, 0.25) is 0 Å². The maximum absolute atomic E-state index is 8.03. The van der Waals surface area contributed by atoms with E-state index in [0.29, 0.717) is 6.61 Å². The SMILES string of the molecule is CCNCCCCCCCCCOONO. The molecule has 0 saturated carbocycles. The van der Waals surface area contributed by atoms with Crippen molar-refractivity contribution in [2.75, 3.05) is 19.7 Å². The van der Waals surface area contributed by atoms with E-state index in [1.165, 1.54) is 37.7 Å². The second-order valence-corrected chi connectivity index (χ2v) is 3.83. The highest BCUT2D eigenvalue weighted by atomic mass is 17.3. The predicted octanol–water partition coefficient (Wildman–Crippen LogP) is 2.17. The first-order valence-electron chi connectivity index (χ1n) is 6.30. The molecule has 0 aromatic carbocycles. The molecule has 0 radical (unpaired) electrons. The van der Waals surface area contributed by atoms with Gasteiger partial charge in [-0.15, -0.1) is 4.99 Å². The van der Waals surface area contributed by atoms with Crippen LogP contribution in [-0.4, -0.2) is 24.9 Å². The molecule has 0 amide bonds. The monoisotopic (exact) mass is 234 g/mol. The van der Waals surface area contributed by atoms with Crippen LogP contribution in [-0.2, 0) is 9.88 Å². The molecule has 0 atom stereocenters. The van der Waals surface area contributed by atoms with Crippen molar-refractivity contribution < 1.29 is 15.1 Å². The third-order valence-electron chi connectivity index (χ3n) is 2.43. The zero-order valence-corrected chi connectivity index (χ0v) is 10.3. The van der Waals surface area contributed by atoms with Crippen molar-refractivity contribution >= 4 is 0 Å². The molecule has 0 aliphatic carbocycles. The largest absolute Gasteiger partial charge is 0.317 e. The van der Waals surface area contributed by atoms with E-state index in [-0.39, 0.29) is 0 Å². The molecule has 0 unspecified atom stereocenters. The Morgan fingerprint density at radius 2 is 1.56 bits per heavy atom. The van der Waals surface area contributed by atoms with Crippen LogP contribution in [0.15, 0.2) is 0 Å². The van der Waals surface area contributed by atoms with Gasteiger partial charge in [-0.3, -0.25) is 5.21 Å². The van der Waals surface area contributed by atoms with Gasteiger partial charge in [0.2, 0.25) is 0 Å². The highest BCUT2D eigenvalue weighted by Crippen LogP contribution is 2.06. The fourth-order valence-electron chi connectivity index (χ4n) is 1.54. The molecule has 98 valence electrons. The first-order valence-corrected chi connectivity index (χ1v) is 6.30. The average molecular weight is 234 g/mol. The van der Waals surface area contributed by atoms with Gasteiger partial charge < -0.3 is 5.32 Å². The van der Waals surface area contributed by atoms with E-state index < -0.39 is 0 Å². The van der Waals surface area contributed by atoms with Crippen molar-refractivity contribution in [1.29, 1.82) is 0 Å². The lowest BCUT2D eigenvalue weighted by Gasteiger charge is -2.03. The zero-order valence-electron chi connectivity index (χ0n) is 10.3. The average Bonchev–Trinajstić information content (AvgIpc) is 2.31. The Labute approximate surface area is 98.3 Å². The lowest BCUT2D eigenvalue weighted by atomic mass is 10.1. The molecule has 0 heterocycles. The summed E-state index contributed by atoms with van der Waals surface area (Å²) in [6, 6.07) is 0. The number of nitrogens with one attached hydrogen (secondary N) is 2. The van der Waals surface area contributed by atoms with E-state index in [2.05, 4.69) is 22.1 Å². The summed E-state index contributed by atoms with van der Waals surface area (Å²) in [6.45, 7) is 4.88. The van der Waals surface area contributed by atoms with E-state index >= 15 is 0 Å². The van der Waals surface area contributed by atoms with Crippen molar-refractivity contribution in [3.05, 3.63) is 0 Å². The molecule has 0 aliphatic heterocycles. The van der Waals surface area contributed by atoms with Gasteiger partial charge in [-0.25, -0.2) is 4.89 Å². The standard InChI is InChI=1S/C11H26N2O3/c1-2-12-10-8-6-4-3-5-7-9-11-15-16-13-14/h12-14H,2-11H2,1H3. The molecule has 0 bridgehead atoms. The van der Waals surface area contributed by atoms with Gasteiger partial charge in [-0.2, -0.15) is 0 Å². The number of hydrogen-bond donors (Lipinski definition) is 3. The van der Waals surface area contributed by atoms with Crippen LogP contribution in [0.1, 0.15) is 51.9 Å². The van der Waals surface area contributed by atoms with Crippen molar-refractivity contribution in [2.45, 2.75) is 51.9 Å². The molecule has 0 fully saturated rings. The molecule has 0 aromatic rings. The third-order valence-corrected chi connectivity index (χ3v) is 2.43. The maximum Gasteiger partial charge on any atom is 0.0843 e. The molecular formula is C11H26N2O3. The van der Waals surface area contributed by atoms with Crippen LogP contribution in [0.3, 0.4) is 0 Å². The van der Waals surface area contributed by atoms with Gasteiger partial charge in [0.1, 0.15) is 0 Å². The minimum atomic E-state index is 0.522. The highest BCUT2D eigenvalue weighted by molar-refractivity contribution is 4.48.